The molecule has 1 aliphatic rings. The van der Waals surface area contributed by atoms with E-state index in [1.165, 1.54) is 7.11 Å². The summed E-state index contributed by atoms with van der Waals surface area (Å²) in [7, 11) is 1.39. The van der Waals surface area contributed by atoms with Crippen LogP contribution in [0.3, 0.4) is 0 Å². The van der Waals surface area contributed by atoms with E-state index in [0.29, 0.717) is 11.5 Å². The van der Waals surface area contributed by atoms with Gasteiger partial charge in [-0.3, -0.25) is 0 Å². The maximum atomic E-state index is 11.5. The van der Waals surface area contributed by atoms with Crippen LogP contribution in [0.25, 0.3) is 11.0 Å². The van der Waals surface area contributed by atoms with Crippen LogP contribution in [0.15, 0.2) is 24.5 Å². The fourth-order valence-electron chi connectivity index (χ4n) is 2.66. The van der Waals surface area contributed by atoms with E-state index in [-0.39, 0.29) is 5.97 Å². The summed E-state index contributed by atoms with van der Waals surface area (Å²) in [6.45, 7) is 2.66. The van der Waals surface area contributed by atoms with E-state index in [9.17, 15) is 4.79 Å². The molecule has 1 saturated heterocycles. The molecule has 3 rings (SSSR count). The van der Waals surface area contributed by atoms with Crippen LogP contribution in [0, 0.1) is 5.92 Å². The van der Waals surface area contributed by atoms with E-state index in [2.05, 4.69) is 9.55 Å². The predicted molar refractivity (Wildman–Crippen MR) is 74.6 cm³/mol. The Balaban J connectivity index is 1.84. The number of benzene rings is 1. The molecular weight excluding hydrogens is 256 g/mol. The molecule has 1 aromatic heterocycles. The zero-order valence-corrected chi connectivity index (χ0v) is 11.5. The number of esters is 1. The number of aromatic nitrogens is 2. The van der Waals surface area contributed by atoms with E-state index in [0.717, 1.165) is 43.6 Å². The second kappa shape index (κ2) is 5.63. The van der Waals surface area contributed by atoms with Crippen LogP contribution >= 0.6 is 0 Å². The van der Waals surface area contributed by atoms with Crippen LogP contribution in [0.1, 0.15) is 23.2 Å². The fourth-order valence-corrected chi connectivity index (χ4v) is 2.66. The Bertz CT molecular complexity index is 615. The first kappa shape index (κ1) is 13.1. The molecule has 0 saturated carbocycles. The molecule has 0 atom stereocenters. The molecule has 2 aromatic rings. The van der Waals surface area contributed by atoms with Crippen molar-refractivity contribution in [3.8, 4) is 0 Å². The molecule has 0 unspecified atom stereocenters. The van der Waals surface area contributed by atoms with Gasteiger partial charge in [-0.05, 0) is 37.0 Å². The van der Waals surface area contributed by atoms with E-state index >= 15 is 0 Å². The normalized spacial score (nSPS) is 16.4. The highest BCUT2D eigenvalue weighted by molar-refractivity contribution is 5.93. The summed E-state index contributed by atoms with van der Waals surface area (Å²) in [5.74, 6) is 0.312. The summed E-state index contributed by atoms with van der Waals surface area (Å²) in [5, 5.41) is 0. The SMILES string of the molecule is COC(=O)c1ccc2c(c1)ncn2CC1CCOCC1. The third kappa shape index (κ3) is 2.54. The fraction of sp³-hybridized carbons (Fsp3) is 0.467. The average Bonchev–Trinajstić information content (AvgIpc) is 2.90. The van der Waals surface area contributed by atoms with Crippen molar-refractivity contribution in [2.24, 2.45) is 5.92 Å². The Kier molecular flexibility index (Phi) is 3.69. The molecule has 5 heteroatoms. The van der Waals surface area contributed by atoms with E-state index in [4.69, 9.17) is 9.47 Å². The Labute approximate surface area is 117 Å². The number of methoxy groups -OCH3 is 1. The van der Waals surface area contributed by atoms with Gasteiger partial charge >= 0.3 is 5.97 Å². The molecule has 0 N–H and O–H groups in total. The summed E-state index contributed by atoms with van der Waals surface area (Å²) in [6, 6.07) is 5.51. The number of ether oxygens (including phenoxy) is 2. The molecule has 1 fully saturated rings. The van der Waals surface area contributed by atoms with Gasteiger partial charge in [0.2, 0.25) is 0 Å². The van der Waals surface area contributed by atoms with Gasteiger partial charge in [0.15, 0.2) is 0 Å². The number of fused-ring (bicyclic) bond motifs is 1. The Morgan fingerprint density at radius 2 is 2.25 bits per heavy atom. The van der Waals surface area contributed by atoms with Crippen LogP contribution in [-0.4, -0.2) is 35.8 Å². The zero-order valence-electron chi connectivity index (χ0n) is 11.5. The van der Waals surface area contributed by atoms with Crippen LogP contribution < -0.4 is 0 Å². The summed E-state index contributed by atoms with van der Waals surface area (Å²) >= 11 is 0. The molecule has 1 aromatic carbocycles. The topological polar surface area (TPSA) is 53.3 Å². The highest BCUT2D eigenvalue weighted by Crippen LogP contribution is 2.21. The van der Waals surface area contributed by atoms with Crippen molar-refractivity contribution in [2.45, 2.75) is 19.4 Å². The molecule has 0 amide bonds. The summed E-state index contributed by atoms with van der Waals surface area (Å²) in [5.41, 5.74) is 2.43. The van der Waals surface area contributed by atoms with Crippen LogP contribution in [0.4, 0.5) is 0 Å². The standard InChI is InChI=1S/C15H18N2O3/c1-19-15(18)12-2-3-14-13(8-12)16-10-17(14)9-11-4-6-20-7-5-11/h2-3,8,10-11H,4-7,9H2,1H3. The van der Waals surface area contributed by atoms with Crippen LogP contribution in [0.5, 0.6) is 0 Å². The lowest BCUT2D eigenvalue weighted by molar-refractivity contribution is 0.0600. The van der Waals surface area contributed by atoms with E-state index in [1.54, 1.807) is 12.1 Å². The van der Waals surface area contributed by atoms with Gasteiger partial charge in [0.05, 0.1) is 30.0 Å². The largest absolute Gasteiger partial charge is 0.465 e. The number of carbonyl (C=O) groups is 1. The van der Waals surface area contributed by atoms with Crippen LogP contribution in [0.2, 0.25) is 0 Å². The third-order valence-corrected chi connectivity index (χ3v) is 3.84. The van der Waals surface area contributed by atoms with Crippen LogP contribution in [-0.2, 0) is 16.0 Å². The highest BCUT2D eigenvalue weighted by Gasteiger charge is 2.16. The molecule has 2 heterocycles. The molecule has 1 aliphatic heterocycles. The smallest absolute Gasteiger partial charge is 0.337 e. The van der Waals surface area contributed by atoms with Crippen molar-refractivity contribution < 1.29 is 14.3 Å². The van der Waals surface area contributed by atoms with Crippen molar-refractivity contribution in [1.82, 2.24) is 9.55 Å². The number of carbonyl (C=O) groups excluding carboxylic acids is 1. The average molecular weight is 274 g/mol. The highest BCUT2D eigenvalue weighted by atomic mass is 16.5. The molecule has 106 valence electrons. The molecule has 0 spiro atoms. The Hall–Kier alpha value is -1.88. The lowest BCUT2D eigenvalue weighted by Gasteiger charge is -2.22. The molecule has 0 bridgehead atoms. The van der Waals surface area contributed by atoms with Crippen molar-refractivity contribution in [2.75, 3.05) is 20.3 Å². The van der Waals surface area contributed by atoms with Crippen molar-refractivity contribution >= 4 is 17.0 Å². The van der Waals surface area contributed by atoms with Gasteiger partial charge < -0.3 is 14.0 Å². The molecule has 0 aliphatic carbocycles. The lowest BCUT2D eigenvalue weighted by atomic mass is 10.0. The van der Waals surface area contributed by atoms with Gasteiger partial charge in [-0.1, -0.05) is 0 Å². The minimum absolute atomic E-state index is 0.328. The van der Waals surface area contributed by atoms with Gasteiger partial charge in [0.1, 0.15) is 0 Å². The first-order chi connectivity index (χ1) is 9.78. The number of imidazole rings is 1. The minimum atomic E-state index is -0.328. The number of rotatable bonds is 3. The Morgan fingerprint density at radius 3 is 3.00 bits per heavy atom. The van der Waals surface area contributed by atoms with Crippen molar-refractivity contribution in [3.05, 3.63) is 30.1 Å². The van der Waals surface area contributed by atoms with Gasteiger partial charge in [-0.15, -0.1) is 0 Å². The summed E-state index contributed by atoms with van der Waals surface area (Å²) in [6.07, 6.45) is 4.04. The molecular formula is C15H18N2O3. The summed E-state index contributed by atoms with van der Waals surface area (Å²) in [4.78, 5) is 15.9. The Morgan fingerprint density at radius 1 is 1.45 bits per heavy atom. The van der Waals surface area contributed by atoms with E-state index < -0.39 is 0 Å². The van der Waals surface area contributed by atoms with Crippen molar-refractivity contribution in [1.29, 1.82) is 0 Å². The lowest BCUT2D eigenvalue weighted by Crippen LogP contribution is -2.20. The van der Waals surface area contributed by atoms with E-state index in [1.807, 2.05) is 12.4 Å². The second-order valence-corrected chi connectivity index (χ2v) is 5.15. The maximum Gasteiger partial charge on any atom is 0.337 e. The molecule has 5 nitrogen and oxygen atoms in total. The summed E-state index contributed by atoms with van der Waals surface area (Å²) < 4.78 is 12.3. The first-order valence-corrected chi connectivity index (χ1v) is 6.89. The minimum Gasteiger partial charge on any atom is -0.465 e. The number of hydrogen-bond donors (Lipinski definition) is 0. The molecule has 20 heavy (non-hydrogen) atoms. The first-order valence-electron chi connectivity index (χ1n) is 6.89. The van der Waals surface area contributed by atoms with Gasteiger partial charge in [0.25, 0.3) is 0 Å². The number of hydrogen-bond acceptors (Lipinski definition) is 4. The van der Waals surface area contributed by atoms with Crippen molar-refractivity contribution in [3.63, 3.8) is 0 Å². The zero-order chi connectivity index (χ0) is 13.9. The van der Waals surface area contributed by atoms with Gasteiger partial charge in [-0.25, -0.2) is 9.78 Å². The second-order valence-electron chi connectivity index (χ2n) is 5.15. The molecule has 0 radical (unpaired) electrons. The predicted octanol–water partition coefficient (Wildman–Crippen LogP) is 2.25. The maximum absolute atomic E-state index is 11.5. The monoisotopic (exact) mass is 274 g/mol. The van der Waals surface area contributed by atoms with Gasteiger partial charge in [0, 0.05) is 19.8 Å². The quantitative estimate of drug-likeness (QED) is 0.806. The number of nitrogens with zero attached hydrogens (tertiary/aromatic N) is 2. The van der Waals surface area contributed by atoms with Gasteiger partial charge in [-0.2, -0.15) is 0 Å². The third-order valence-electron chi connectivity index (χ3n) is 3.84.